The summed E-state index contributed by atoms with van der Waals surface area (Å²) in [6.07, 6.45) is -0.878. The number of aliphatic hydroxyl groups is 1. The van der Waals surface area contributed by atoms with Crippen LogP contribution in [0.5, 0.6) is 0 Å². The van der Waals surface area contributed by atoms with Crippen LogP contribution < -0.4 is 0 Å². The SMILES string of the molecule is N=Cc1ccc2c(n1)C(O)CN(C(=O)O)C2. The van der Waals surface area contributed by atoms with Gasteiger partial charge in [0.1, 0.15) is 6.10 Å². The lowest BCUT2D eigenvalue weighted by molar-refractivity contribution is 0.0791. The Hall–Kier alpha value is -1.95. The first-order chi connectivity index (χ1) is 7.61. The largest absolute Gasteiger partial charge is 0.465 e. The van der Waals surface area contributed by atoms with E-state index in [0.717, 1.165) is 11.1 Å². The summed E-state index contributed by atoms with van der Waals surface area (Å²) in [6, 6.07) is 3.32. The highest BCUT2D eigenvalue weighted by Gasteiger charge is 2.27. The van der Waals surface area contributed by atoms with E-state index in [2.05, 4.69) is 4.98 Å². The van der Waals surface area contributed by atoms with Crippen LogP contribution in [0.1, 0.15) is 23.1 Å². The maximum Gasteiger partial charge on any atom is 0.407 e. The Morgan fingerprint density at radius 3 is 3.00 bits per heavy atom. The molecule has 16 heavy (non-hydrogen) atoms. The summed E-state index contributed by atoms with van der Waals surface area (Å²) in [5, 5.41) is 25.7. The summed E-state index contributed by atoms with van der Waals surface area (Å²) >= 11 is 0. The average Bonchev–Trinajstić information content (AvgIpc) is 2.28. The first-order valence-electron chi connectivity index (χ1n) is 4.78. The summed E-state index contributed by atoms with van der Waals surface area (Å²) in [4.78, 5) is 16.0. The van der Waals surface area contributed by atoms with Crippen molar-refractivity contribution in [3.8, 4) is 0 Å². The summed E-state index contributed by atoms with van der Waals surface area (Å²) in [6.45, 7) is 0.254. The minimum absolute atomic E-state index is 0.0246. The van der Waals surface area contributed by atoms with E-state index in [-0.39, 0.29) is 13.1 Å². The third kappa shape index (κ3) is 1.74. The van der Waals surface area contributed by atoms with Crippen LogP contribution in [0.25, 0.3) is 0 Å². The second-order valence-electron chi connectivity index (χ2n) is 3.60. The molecule has 2 rings (SSSR count). The molecule has 1 unspecified atom stereocenters. The van der Waals surface area contributed by atoms with Crippen molar-refractivity contribution in [3.05, 3.63) is 29.1 Å². The van der Waals surface area contributed by atoms with E-state index in [0.29, 0.717) is 17.0 Å². The Morgan fingerprint density at radius 1 is 1.62 bits per heavy atom. The van der Waals surface area contributed by atoms with E-state index in [1.54, 1.807) is 12.1 Å². The second kappa shape index (κ2) is 3.90. The lowest BCUT2D eigenvalue weighted by Gasteiger charge is -2.29. The molecule has 1 amide bonds. The first-order valence-corrected chi connectivity index (χ1v) is 4.78. The van der Waals surface area contributed by atoms with Crippen molar-refractivity contribution < 1.29 is 15.0 Å². The Morgan fingerprint density at radius 2 is 2.38 bits per heavy atom. The van der Waals surface area contributed by atoms with E-state index in [1.807, 2.05) is 0 Å². The van der Waals surface area contributed by atoms with Gasteiger partial charge in [0.15, 0.2) is 0 Å². The van der Waals surface area contributed by atoms with Crippen LogP contribution in [-0.2, 0) is 6.54 Å². The van der Waals surface area contributed by atoms with Gasteiger partial charge in [0.25, 0.3) is 0 Å². The van der Waals surface area contributed by atoms with Gasteiger partial charge in [-0.25, -0.2) is 9.78 Å². The van der Waals surface area contributed by atoms with Crippen molar-refractivity contribution in [2.75, 3.05) is 6.54 Å². The van der Waals surface area contributed by atoms with Gasteiger partial charge in [0.05, 0.1) is 24.5 Å². The molecular weight excluding hydrogens is 210 g/mol. The minimum Gasteiger partial charge on any atom is -0.465 e. The summed E-state index contributed by atoms with van der Waals surface area (Å²) < 4.78 is 0. The fraction of sp³-hybridized carbons (Fsp3) is 0.300. The molecule has 0 spiro atoms. The molecule has 0 fully saturated rings. The number of aliphatic hydroxyl groups excluding tert-OH is 1. The number of rotatable bonds is 1. The molecule has 0 aliphatic carbocycles. The number of β-amino-alcohol motifs (C(OH)–C–C–N with tert-alkyl or cyclic N) is 1. The Balaban J connectivity index is 2.37. The fourth-order valence-corrected chi connectivity index (χ4v) is 1.73. The van der Waals surface area contributed by atoms with Crippen LogP contribution in [0.15, 0.2) is 12.1 Å². The molecule has 1 aliphatic rings. The number of nitrogens with one attached hydrogen (secondary N) is 1. The van der Waals surface area contributed by atoms with Crippen molar-refractivity contribution in [3.63, 3.8) is 0 Å². The highest BCUT2D eigenvalue weighted by molar-refractivity contribution is 5.74. The average molecular weight is 221 g/mol. The number of hydrogen-bond acceptors (Lipinski definition) is 4. The molecular formula is C10H11N3O3. The van der Waals surface area contributed by atoms with E-state index in [1.165, 1.54) is 0 Å². The van der Waals surface area contributed by atoms with Gasteiger partial charge in [-0.1, -0.05) is 6.07 Å². The van der Waals surface area contributed by atoms with Crippen LogP contribution in [0, 0.1) is 5.41 Å². The molecule has 6 nitrogen and oxygen atoms in total. The van der Waals surface area contributed by atoms with Gasteiger partial charge in [0.2, 0.25) is 0 Å². The number of aromatic nitrogens is 1. The third-order valence-corrected chi connectivity index (χ3v) is 2.52. The van der Waals surface area contributed by atoms with Crippen molar-refractivity contribution in [2.24, 2.45) is 0 Å². The summed E-state index contributed by atoms with van der Waals surface area (Å²) in [5.74, 6) is 0. The Labute approximate surface area is 91.7 Å². The molecule has 1 aromatic rings. The number of amides is 1. The quantitative estimate of drug-likeness (QED) is 0.605. The van der Waals surface area contributed by atoms with E-state index in [9.17, 15) is 9.90 Å². The van der Waals surface area contributed by atoms with Crippen LogP contribution in [-0.4, -0.2) is 38.9 Å². The minimum atomic E-state index is -1.05. The van der Waals surface area contributed by atoms with E-state index >= 15 is 0 Å². The Bertz CT molecular complexity index is 447. The topological polar surface area (TPSA) is 97.5 Å². The van der Waals surface area contributed by atoms with Crippen molar-refractivity contribution >= 4 is 12.3 Å². The van der Waals surface area contributed by atoms with Gasteiger partial charge in [0, 0.05) is 6.21 Å². The zero-order valence-corrected chi connectivity index (χ0v) is 8.42. The zero-order chi connectivity index (χ0) is 11.7. The maximum absolute atomic E-state index is 10.8. The van der Waals surface area contributed by atoms with Gasteiger partial charge in [-0.2, -0.15) is 0 Å². The smallest absolute Gasteiger partial charge is 0.407 e. The van der Waals surface area contributed by atoms with Crippen molar-refractivity contribution in [2.45, 2.75) is 12.6 Å². The second-order valence-corrected chi connectivity index (χ2v) is 3.60. The normalized spacial score (nSPS) is 19.1. The van der Waals surface area contributed by atoms with Crippen LogP contribution >= 0.6 is 0 Å². The molecule has 3 N–H and O–H groups in total. The lowest BCUT2D eigenvalue weighted by Crippen LogP contribution is -2.37. The van der Waals surface area contributed by atoms with Crippen molar-refractivity contribution in [1.82, 2.24) is 9.88 Å². The molecule has 84 valence electrons. The first kappa shape index (κ1) is 10.6. The Kier molecular flexibility index (Phi) is 2.57. The molecule has 1 aliphatic heterocycles. The molecule has 0 radical (unpaired) electrons. The van der Waals surface area contributed by atoms with Crippen LogP contribution in [0.3, 0.4) is 0 Å². The molecule has 0 aromatic carbocycles. The molecule has 0 bridgehead atoms. The maximum atomic E-state index is 10.8. The molecule has 0 saturated heterocycles. The fourth-order valence-electron chi connectivity index (χ4n) is 1.73. The zero-order valence-electron chi connectivity index (χ0n) is 8.42. The highest BCUT2D eigenvalue weighted by atomic mass is 16.4. The van der Waals surface area contributed by atoms with Crippen LogP contribution in [0.2, 0.25) is 0 Å². The summed E-state index contributed by atoms with van der Waals surface area (Å²) in [7, 11) is 0. The molecule has 1 aromatic heterocycles. The van der Waals surface area contributed by atoms with Gasteiger partial charge in [-0.3, -0.25) is 0 Å². The van der Waals surface area contributed by atoms with Crippen LogP contribution in [0.4, 0.5) is 4.79 Å². The number of hydrogen-bond donors (Lipinski definition) is 3. The molecule has 1 atom stereocenters. The lowest BCUT2D eigenvalue weighted by atomic mass is 10.0. The monoisotopic (exact) mass is 221 g/mol. The van der Waals surface area contributed by atoms with Gasteiger partial charge < -0.3 is 20.5 Å². The number of carboxylic acid groups (broad SMARTS) is 1. The van der Waals surface area contributed by atoms with Crippen molar-refractivity contribution in [1.29, 1.82) is 5.41 Å². The third-order valence-electron chi connectivity index (χ3n) is 2.52. The number of nitrogens with zero attached hydrogens (tertiary/aromatic N) is 2. The standard InChI is InChI=1S/C10H11N3O3/c11-3-7-2-1-6-4-13(10(15)16)5-8(14)9(6)12-7/h1-3,8,11,14H,4-5H2,(H,15,16). The molecule has 2 heterocycles. The molecule has 0 saturated carbocycles. The van der Waals surface area contributed by atoms with Gasteiger partial charge >= 0.3 is 6.09 Å². The number of pyridine rings is 1. The van der Waals surface area contributed by atoms with Gasteiger partial charge in [-0.05, 0) is 11.6 Å². The number of carbonyl (C=O) groups is 1. The molecule has 6 heteroatoms. The highest BCUT2D eigenvalue weighted by Crippen LogP contribution is 2.24. The number of fused-ring (bicyclic) bond motifs is 1. The van der Waals surface area contributed by atoms with E-state index < -0.39 is 12.2 Å². The summed E-state index contributed by atoms with van der Waals surface area (Å²) in [5.41, 5.74) is 1.62. The van der Waals surface area contributed by atoms with Gasteiger partial charge in [-0.15, -0.1) is 0 Å². The predicted octanol–water partition coefficient (Wildman–Crippen LogP) is 0.606. The predicted molar refractivity (Wildman–Crippen MR) is 55.5 cm³/mol. The van der Waals surface area contributed by atoms with E-state index in [4.69, 9.17) is 10.5 Å².